The predicted molar refractivity (Wildman–Crippen MR) is 78.8 cm³/mol. The monoisotopic (exact) mass is 297 g/mol. The lowest BCUT2D eigenvalue weighted by Crippen LogP contribution is -2.08. The Balaban J connectivity index is 1.68. The van der Waals surface area contributed by atoms with Gasteiger partial charge in [0.2, 0.25) is 0 Å². The highest BCUT2D eigenvalue weighted by Gasteiger charge is 2.06. The Morgan fingerprint density at radius 3 is 2.85 bits per heavy atom. The van der Waals surface area contributed by atoms with Crippen LogP contribution in [0.15, 0.2) is 11.4 Å². The summed E-state index contributed by atoms with van der Waals surface area (Å²) in [4.78, 5) is 9.52. The van der Waals surface area contributed by atoms with Crippen molar-refractivity contribution in [2.45, 2.75) is 13.0 Å². The molecule has 0 saturated carbocycles. The summed E-state index contributed by atoms with van der Waals surface area (Å²) in [6, 6.07) is 1.92. The SMILES string of the molecule is COCCCOCCOCc1nc(N)c2ccsc2n1. The molecule has 0 unspecified atom stereocenters. The first-order chi connectivity index (χ1) is 9.81. The molecule has 0 fully saturated rings. The van der Waals surface area contributed by atoms with Gasteiger partial charge in [-0.05, 0) is 17.9 Å². The van der Waals surface area contributed by atoms with E-state index in [2.05, 4.69) is 9.97 Å². The number of hydrogen-bond donors (Lipinski definition) is 1. The van der Waals surface area contributed by atoms with E-state index in [0.717, 1.165) is 23.2 Å². The third kappa shape index (κ3) is 4.38. The normalized spacial score (nSPS) is 11.2. The summed E-state index contributed by atoms with van der Waals surface area (Å²) < 4.78 is 15.8. The van der Waals surface area contributed by atoms with Crippen molar-refractivity contribution in [3.8, 4) is 0 Å². The van der Waals surface area contributed by atoms with Crippen molar-refractivity contribution in [2.75, 3.05) is 39.3 Å². The first-order valence-corrected chi connectivity index (χ1v) is 7.33. The Labute approximate surface area is 121 Å². The molecule has 110 valence electrons. The Bertz CT molecular complexity index is 533. The highest BCUT2D eigenvalue weighted by molar-refractivity contribution is 7.16. The number of nitrogens with zero attached hydrogens (tertiary/aromatic N) is 2. The first-order valence-electron chi connectivity index (χ1n) is 6.45. The lowest BCUT2D eigenvalue weighted by atomic mass is 10.4. The van der Waals surface area contributed by atoms with Crippen LogP contribution in [0.1, 0.15) is 12.2 Å². The fraction of sp³-hybridized carbons (Fsp3) is 0.538. The van der Waals surface area contributed by atoms with Crippen molar-refractivity contribution in [1.82, 2.24) is 9.97 Å². The van der Waals surface area contributed by atoms with E-state index in [1.54, 1.807) is 18.4 Å². The molecule has 7 heteroatoms. The van der Waals surface area contributed by atoms with Gasteiger partial charge in [-0.3, -0.25) is 0 Å². The Morgan fingerprint density at radius 1 is 1.15 bits per heavy atom. The number of ether oxygens (including phenoxy) is 3. The van der Waals surface area contributed by atoms with Crippen LogP contribution in [-0.2, 0) is 20.8 Å². The highest BCUT2D eigenvalue weighted by atomic mass is 32.1. The third-order valence-electron chi connectivity index (χ3n) is 2.64. The van der Waals surface area contributed by atoms with Crippen LogP contribution in [0.3, 0.4) is 0 Å². The molecule has 0 aromatic carbocycles. The van der Waals surface area contributed by atoms with Crippen LogP contribution < -0.4 is 5.73 Å². The van der Waals surface area contributed by atoms with E-state index in [9.17, 15) is 0 Å². The number of nitrogens with two attached hydrogens (primary N) is 1. The van der Waals surface area contributed by atoms with Gasteiger partial charge in [0, 0.05) is 20.3 Å². The zero-order valence-electron chi connectivity index (χ0n) is 11.5. The molecule has 2 aromatic rings. The van der Waals surface area contributed by atoms with Crippen molar-refractivity contribution in [1.29, 1.82) is 0 Å². The molecule has 0 aliphatic heterocycles. The van der Waals surface area contributed by atoms with Gasteiger partial charge in [-0.2, -0.15) is 0 Å². The van der Waals surface area contributed by atoms with Crippen LogP contribution in [0.25, 0.3) is 10.2 Å². The molecule has 2 rings (SSSR count). The summed E-state index contributed by atoms with van der Waals surface area (Å²) in [5, 5.41) is 2.86. The summed E-state index contributed by atoms with van der Waals surface area (Å²) in [6.45, 7) is 2.81. The van der Waals surface area contributed by atoms with Gasteiger partial charge in [0.1, 0.15) is 17.3 Å². The van der Waals surface area contributed by atoms with Gasteiger partial charge in [0.05, 0.1) is 18.6 Å². The van der Waals surface area contributed by atoms with Crippen molar-refractivity contribution in [2.24, 2.45) is 0 Å². The van der Waals surface area contributed by atoms with E-state index >= 15 is 0 Å². The average Bonchev–Trinajstić information content (AvgIpc) is 2.91. The van der Waals surface area contributed by atoms with Gasteiger partial charge >= 0.3 is 0 Å². The lowest BCUT2D eigenvalue weighted by molar-refractivity contribution is 0.0318. The number of aromatic nitrogens is 2. The summed E-state index contributed by atoms with van der Waals surface area (Å²) in [5.74, 6) is 1.11. The van der Waals surface area contributed by atoms with E-state index in [-0.39, 0.29) is 0 Å². The van der Waals surface area contributed by atoms with Crippen molar-refractivity contribution in [3.63, 3.8) is 0 Å². The molecule has 2 aromatic heterocycles. The topological polar surface area (TPSA) is 79.5 Å². The second-order valence-electron chi connectivity index (χ2n) is 4.18. The molecule has 0 bridgehead atoms. The van der Waals surface area contributed by atoms with Gasteiger partial charge in [-0.15, -0.1) is 11.3 Å². The Kier molecular flexibility index (Phi) is 6.13. The van der Waals surface area contributed by atoms with E-state index < -0.39 is 0 Å². The van der Waals surface area contributed by atoms with Crippen molar-refractivity contribution >= 4 is 27.4 Å². The van der Waals surface area contributed by atoms with Crippen LogP contribution in [0.5, 0.6) is 0 Å². The molecule has 2 N–H and O–H groups in total. The zero-order chi connectivity index (χ0) is 14.2. The summed E-state index contributed by atoms with van der Waals surface area (Å²) in [5.41, 5.74) is 5.86. The summed E-state index contributed by atoms with van der Waals surface area (Å²) in [6.07, 6.45) is 0.894. The quantitative estimate of drug-likeness (QED) is 0.711. The maximum absolute atomic E-state index is 5.86. The predicted octanol–water partition coefficient (Wildman–Crippen LogP) is 1.84. The third-order valence-corrected chi connectivity index (χ3v) is 3.45. The minimum Gasteiger partial charge on any atom is -0.385 e. The zero-order valence-corrected chi connectivity index (χ0v) is 12.3. The van der Waals surface area contributed by atoms with E-state index in [4.69, 9.17) is 19.9 Å². The summed E-state index contributed by atoms with van der Waals surface area (Å²) in [7, 11) is 1.68. The summed E-state index contributed by atoms with van der Waals surface area (Å²) >= 11 is 1.55. The van der Waals surface area contributed by atoms with Crippen molar-refractivity contribution in [3.05, 3.63) is 17.3 Å². The lowest BCUT2D eigenvalue weighted by Gasteiger charge is -2.06. The van der Waals surface area contributed by atoms with Gasteiger partial charge in [-0.25, -0.2) is 9.97 Å². The molecule has 2 heterocycles. The van der Waals surface area contributed by atoms with E-state index in [1.165, 1.54) is 0 Å². The second kappa shape index (κ2) is 8.11. The number of fused-ring (bicyclic) bond motifs is 1. The molecule has 0 aliphatic rings. The first kappa shape index (κ1) is 15.1. The number of hydrogen-bond acceptors (Lipinski definition) is 7. The second-order valence-corrected chi connectivity index (χ2v) is 5.07. The molecule has 0 atom stereocenters. The minimum atomic E-state index is 0.347. The smallest absolute Gasteiger partial charge is 0.158 e. The molecule has 0 amide bonds. The molecule has 6 nitrogen and oxygen atoms in total. The molecular formula is C13H19N3O3S. The molecule has 0 saturated heterocycles. The van der Waals surface area contributed by atoms with E-state index in [1.807, 2.05) is 11.4 Å². The van der Waals surface area contributed by atoms with Crippen LogP contribution in [0.2, 0.25) is 0 Å². The molecule has 20 heavy (non-hydrogen) atoms. The Morgan fingerprint density at radius 2 is 2.00 bits per heavy atom. The van der Waals surface area contributed by atoms with Crippen LogP contribution >= 0.6 is 11.3 Å². The number of nitrogen functional groups attached to an aromatic ring is 1. The van der Waals surface area contributed by atoms with Gasteiger partial charge in [0.15, 0.2) is 5.82 Å². The van der Waals surface area contributed by atoms with Crippen LogP contribution in [0.4, 0.5) is 5.82 Å². The van der Waals surface area contributed by atoms with Gasteiger partial charge in [0.25, 0.3) is 0 Å². The fourth-order valence-electron chi connectivity index (χ4n) is 1.68. The van der Waals surface area contributed by atoms with Crippen LogP contribution in [0, 0.1) is 0 Å². The molecule has 0 spiro atoms. The van der Waals surface area contributed by atoms with E-state index in [0.29, 0.717) is 38.1 Å². The standard InChI is InChI=1S/C13H19N3O3S/c1-17-4-2-5-18-6-7-19-9-11-15-12(14)10-3-8-20-13(10)16-11/h3,8H,2,4-7,9H2,1H3,(H2,14,15,16). The van der Waals surface area contributed by atoms with Crippen molar-refractivity contribution < 1.29 is 14.2 Å². The highest BCUT2D eigenvalue weighted by Crippen LogP contribution is 2.22. The molecular weight excluding hydrogens is 278 g/mol. The number of thiophene rings is 1. The molecule has 0 radical (unpaired) electrons. The van der Waals surface area contributed by atoms with Crippen LogP contribution in [-0.4, -0.2) is 43.5 Å². The van der Waals surface area contributed by atoms with Gasteiger partial charge < -0.3 is 19.9 Å². The Hall–Kier alpha value is -1.28. The average molecular weight is 297 g/mol. The minimum absolute atomic E-state index is 0.347. The van der Waals surface area contributed by atoms with Gasteiger partial charge in [-0.1, -0.05) is 0 Å². The maximum atomic E-state index is 5.86. The maximum Gasteiger partial charge on any atom is 0.158 e. The molecule has 0 aliphatic carbocycles. The number of rotatable bonds is 9. The number of anilines is 1. The largest absolute Gasteiger partial charge is 0.385 e. The number of methoxy groups -OCH3 is 1. The fourth-order valence-corrected chi connectivity index (χ4v) is 2.47.